The van der Waals surface area contributed by atoms with Crippen LogP contribution in [0, 0.1) is 0 Å². The molecule has 0 aliphatic carbocycles. The highest BCUT2D eigenvalue weighted by molar-refractivity contribution is 6.30. The van der Waals surface area contributed by atoms with Crippen LogP contribution in [-0.2, 0) is 0 Å². The van der Waals surface area contributed by atoms with Gasteiger partial charge < -0.3 is 5.21 Å². The molecule has 0 radical (unpaired) electrons. The van der Waals surface area contributed by atoms with Crippen LogP contribution >= 0.6 is 11.6 Å². The summed E-state index contributed by atoms with van der Waals surface area (Å²) < 4.78 is 0. The summed E-state index contributed by atoms with van der Waals surface area (Å²) in [7, 11) is 0. The highest BCUT2D eigenvalue weighted by Crippen LogP contribution is 2.11. The predicted molar refractivity (Wildman–Crippen MR) is 75.3 cm³/mol. The predicted octanol–water partition coefficient (Wildman–Crippen LogP) is 4.23. The van der Waals surface area contributed by atoms with Gasteiger partial charge in [-0.25, -0.2) is 0 Å². The zero-order valence-corrected chi connectivity index (χ0v) is 10.4. The maximum absolute atomic E-state index is 9.02. The average molecular weight is 258 g/mol. The van der Waals surface area contributed by atoms with Gasteiger partial charge >= 0.3 is 0 Å². The van der Waals surface area contributed by atoms with Crippen molar-refractivity contribution in [2.24, 2.45) is 5.16 Å². The lowest BCUT2D eigenvalue weighted by molar-refractivity contribution is 0.320. The van der Waals surface area contributed by atoms with E-state index in [9.17, 15) is 0 Å². The number of hydrogen-bond donors (Lipinski definition) is 1. The smallest absolute Gasteiger partial charge is 0.109 e. The summed E-state index contributed by atoms with van der Waals surface area (Å²) in [6.45, 7) is 0. The van der Waals surface area contributed by atoms with E-state index in [-0.39, 0.29) is 0 Å². The van der Waals surface area contributed by atoms with Crippen molar-refractivity contribution in [3.05, 3.63) is 76.8 Å². The Morgan fingerprint density at radius 2 is 1.67 bits per heavy atom. The molecule has 1 N–H and O–H groups in total. The van der Waals surface area contributed by atoms with Gasteiger partial charge in [0.15, 0.2) is 0 Å². The molecule has 2 aromatic carbocycles. The Bertz CT molecular complexity index is 559. The third kappa shape index (κ3) is 3.22. The standard InChI is InChI=1S/C15H12ClNO/c16-14-9-6-12(7-10-14)8-11-15(17-18)13-4-2-1-3-5-13/h1-11,18H/b11-8+,17-15+. The van der Waals surface area contributed by atoms with Crippen molar-refractivity contribution in [3.63, 3.8) is 0 Å². The minimum absolute atomic E-state index is 0.519. The van der Waals surface area contributed by atoms with Crippen molar-refractivity contribution in [1.82, 2.24) is 0 Å². The molecule has 0 aliphatic rings. The van der Waals surface area contributed by atoms with Crippen LogP contribution < -0.4 is 0 Å². The molecule has 0 atom stereocenters. The van der Waals surface area contributed by atoms with E-state index in [1.807, 2.05) is 60.7 Å². The molecule has 0 unspecified atom stereocenters. The van der Waals surface area contributed by atoms with E-state index in [1.54, 1.807) is 6.08 Å². The fourth-order valence-corrected chi connectivity index (χ4v) is 1.67. The Balaban J connectivity index is 2.19. The van der Waals surface area contributed by atoms with Gasteiger partial charge in [0.25, 0.3) is 0 Å². The van der Waals surface area contributed by atoms with E-state index in [4.69, 9.17) is 16.8 Å². The maximum atomic E-state index is 9.02. The van der Waals surface area contributed by atoms with Crippen LogP contribution in [-0.4, -0.2) is 10.9 Å². The number of oxime groups is 1. The van der Waals surface area contributed by atoms with Crippen molar-refractivity contribution < 1.29 is 5.21 Å². The summed E-state index contributed by atoms with van der Waals surface area (Å²) in [5.41, 5.74) is 2.38. The second-order valence-electron chi connectivity index (χ2n) is 3.74. The van der Waals surface area contributed by atoms with Crippen LogP contribution in [0.3, 0.4) is 0 Å². The molecule has 0 saturated heterocycles. The average Bonchev–Trinajstić information content (AvgIpc) is 2.43. The third-order valence-electron chi connectivity index (χ3n) is 2.48. The Hall–Kier alpha value is -2.06. The zero-order valence-electron chi connectivity index (χ0n) is 9.62. The fraction of sp³-hybridized carbons (Fsp3) is 0. The Morgan fingerprint density at radius 3 is 2.28 bits per heavy atom. The SMILES string of the molecule is O/N=C(\C=C\c1ccc(Cl)cc1)c1ccccc1. The second kappa shape index (κ2) is 6.03. The largest absolute Gasteiger partial charge is 0.410 e. The number of allylic oxidation sites excluding steroid dienone is 1. The van der Waals surface area contributed by atoms with Gasteiger partial charge in [0, 0.05) is 10.6 Å². The normalized spacial score (nSPS) is 11.9. The molecule has 18 heavy (non-hydrogen) atoms. The number of nitrogens with zero attached hydrogens (tertiary/aromatic N) is 1. The lowest BCUT2D eigenvalue weighted by atomic mass is 10.1. The number of benzene rings is 2. The third-order valence-corrected chi connectivity index (χ3v) is 2.73. The highest BCUT2D eigenvalue weighted by atomic mass is 35.5. The minimum atomic E-state index is 0.519. The first-order valence-electron chi connectivity index (χ1n) is 5.51. The molecule has 2 nitrogen and oxygen atoms in total. The molecule has 0 saturated carbocycles. The molecule has 90 valence electrons. The molecule has 0 fully saturated rings. The van der Waals surface area contributed by atoms with Gasteiger partial charge in [0.1, 0.15) is 5.71 Å². The number of hydrogen-bond acceptors (Lipinski definition) is 2. The van der Waals surface area contributed by atoms with E-state index in [0.717, 1.165) is 11.1 Å². The summed E-state index contributed by atoms with van der Waals surface area (Å²) >= 11 is 5.81. The quantitative estimate of drug-likeness (QED) is 0.498. The van der Waals surface area contributed by atoms with Crippen LogP contribution in [0.4, 0.5) is 0 Å². The van der Waals surface area contributed by atoms with E-state index in [0.29, 0.717) is 10.7 Å². The molecule has 0 heterocycles. The Labute approximate surface area is 111 Å². The Kier molecular flexibility index (Phi) is 4.15. The number of rotatable bonds is 3. The van der Waals surface area contributed by atoms with E-state index < -0.39 is 0 Å². The van der Waals surface area contributed by atoms with Crippen molar-refractivity contribution >= 4 is 23.4 Å². The van der Waals surface area contributed by atoms with Crippen molar-refractivity contribution in [2.75, 3.05) is 0 Å². The van der Waals surface area contributed by atoms with Gasteiger partial charge in [-0.2, -0.15) is 0 Å². The first kappa shape index (κ1) is 12.4. The lowest BCUT2D eigenvalue weighted by Crippen LogP contribution is -1.95. The van der Waals surface area contributed by atoms with Gasteiger partial charge in [-0.15, -0.1) is 0 Å². The maximum Gasteiger partial charge on any atom is 0.109 e. The summed E-state index contributed by atoms with van der Waals surface area (Å²) in [5.74, 6) is 0. The summed E-state index contributed by atoms with van der Waals surface area (Å²) in [5, 5.41) is 13.0. The molecular formula is C15H12ClNO. The van der Waals surface area contributed by atoms with E-state index in [2.05, 4.69) is 5.16 Å². The fourth-order valence-electron chi connectivity index (χ4n) is 1.55. The Morgan fingerprint density at radius 1 is 1.00 bits per heavy atom. The van der Waals surface area contributed by atoms with E-state index in [1.165, 1.54) is 0 Å². The summed E-state index contributed by atoms with van der Waals surface area (Å²) in [6.07, 6.45) is 3.64. The van der Waals surface area contributed by atoms with Crippen molar-refractivity contribution in [2.45, 2.75) is 0 Å². The van der Waals surface area contributed by atoms with Crippen molar-refractivity contribution in [3.8, 4) is 0 Å². The van der Waals surface area contributed by atoms with Gasteiger partial charge in [-0.05, 0) is 23.8 Å². The first-order chi connectivity index (χ1) is 8.79. The first-order valence-corrected chi connectivity index (χ1v) is 5.88. The molecule has 0 spiro atoms. The molecule has 0 amide bonds. The minimum Gasteiger partial charge on any atom is -0.410 e. The lowest BCUT2D eigenvalue weighted by Gasteiger charge is -1.98. The molecule has 0 aromatic heterocycles. The molecule has 2 rings (SSSR count). The van der Waals surface area contributed by atoms with Gasteiger partial charge in [-0.1, -0.05) is 65.3 Å². The van der Waals surface area contributed by atoms with Gasteiger partial charge in [0.2, 0.25) is 0 Å². The van der Waals surface area contributed by atoms with Gasteiger partial charge in [-0.3, -0.25) is 0 Å². The van der Waals surface area contributed by atoms with Crippen molar-refractivity contribution in [1.29, 1.82) is 0 Å². The van der Waals surface area contributed by atoms with Crippen LogP contribution in [0.1, 0.15) is 11.1 Å². The summed E-state index contributed by atoms with van der Waals surface area (Å²) in [4.78, 5) is 0. The summed E-state index contributed by atoms with van der Waals surface area (Å²) in [6, 6.07) is 16.9. The van der Waals surface area contributed by atoms with Gasteiger partial charge in [0.05, 0.1) is 0 Å². The second-order valence-corrected chi connectivity index (χ2v) is 4.17. The van der Waals surface area contributed by atoms with E-state index >= 15 is 0 Å². The topological polar surface area (TPSA) is 32.6 Å². The van der Waals surface area contributed by atoms with Crippen LogP contribution in [0.2, 0.25) is 5.02 Å². The number of halogens is 1. The van der Waals surface area contributed by atoms with Crippen LogP contribution in [0.5, 0.6) is 0 Å². The molecular weight excluding hydrogens is 246 g/mol. The molecule has 0 aliphatic heterocycles. The monoisotopic (exact) mass is 257 g/mol. The zero-order chi connectivity index (χ0) is 12.8. The molecule has 0 bridgehead atoms. The highest BCUT2D eigenvalue weighted by Gasteiger charge is 1.98. The molecule has 3 heteroatoms. The molecule has 2 aromatic rings. The van der Waals surface area contributed by atoms with Crippen LogP contribution in [0.25, 0.3) is 6.08 Å². The van der Waals surface area contributed by atoms with Crippen LogP contribution in [0.15, 0.2) is 65.8 Å².